The first kappa shape index (κ1) is 24.7. The zero-order chi connectivity index (χ0) is 22.6. The fourth-order valence-electron chi connectivity index (χ4n) is 4.79. The third-order valence-corrected chi connectivity index (χ3v) is 6.94. The Kier molecular flexibility index (Phi) is 10.4. The minimum absolute atomic E-state index is 0.319. The van der Waals surface area contributed by atoms with Gasteiger partial charge in [0.2, 0.25) is 0 Å². The predicted octanol–water partition coefficient (Wildman–Crippen LogP) is 8.17. The second-order valence-electron chi connectivity index (χ2n) is 9.53. The zero-order valence-electron chi connectivity index (χ0n) is 20.1. The maximum Gasteiger partial charge on any atom is 0.165 e. The van der Waals surface area contributed by atoms with Crippen LogP contribution in [0.3, 0.4) is 0 Å². The number of unbranched alkanes of at least 4 members (excludes halogenated alkanes) is 4. The highest BCUT2D eigenvalue weighted by Crippen LogP contribution is 2.34. The standard InChI is InChI=1S/C28H41FN2O/c1-3-5-7-8-20-32-28-19-15-24(21-26(28)29)27-18-17-25(30-31-27)16-14-23-12-10-22(11-13-23)9-6-4-2/h15,17-19,21-23H,3-14,16,20H2,1-2H3. The number of ether oxygens (including phenoxy) is 1. The van der Waals surface area contributed by atoms with Crippen molar-refractivity contribution in [2.24, 2.45) is 11.8 Å². The summed E-state index contributed by atoms with van der Waals surface area (Å²) < 4.78 is 20.0. The van der Waals surface area contributed by atoms with Gasteiger partial charge in [0.25, 0.3) is 0 Å². The highest BCUT2D eigenvalue weighted by Gasteiger charge is 2.20. The van der Waals surface area contributed by atoms with E-state index in [1.54, 1.807) is 6.07 Å². The molecule has 3 rings (SSSR count). The smallest absolute Gasteiger partial charge is 0.165 e. The van der Waals surface area contributed by atoms with Crippen LogP contribution in [0.15, 0.2) is 30.3 Å². The summed E-state index contributed by atoms with van der Waals surface area (Å²) in [6, 6.07) is 9.08. The largest absolute Gasteiger partial charge is 0.491 e. The van der Waals surface area contributed by atoms with Gasteiger partial charge >= 0.3 is 0 Å². The lowest BCUT2D eigenvalue weighted by Crippen LogP contribution is -2.15. The van der Waals surface area contributed by atoms with Gasteiger partial charge in [-0.05, 0) is 61.4 Å². The average molecular weight is 441 g/mol. The average Bonchev–Trinajstić information content (AvgIpc) is 2.83. The minimum atomic E-state index is -0.335. The van der Waals surface area contributed by atoms with Crippen LogP contribution < -0.4 is 4.74 Å². The number of hydrogen-bond acceptors (Lipinski definition) is 3. The van der Waals surface area contributed by atoms with E-state index in [2.05, 4.69) is 24.0 Å². The fourth-order valence-corrected chi connectivity index (χ4v) is 4.79. The van der Waals surface area contributed by atoms with Crippen LogP contribution in [-0.4, -0.2) is 16.8 Å². The molecule has 3 nitrogen and oxygen atoms in total. The lowest BCUT2D eigenvalue weighted by atomic mass is 9.78. The highest BCUT2D eigenvalue weighted by atomic mass is 19.1. The Morgan fingerprint density at radius 1 is 0.844 bits per heavy atom. The third kappa shape index (κ3) is 7.86. The maximum atomic E-state index is 14.4. The first-order valence-corrected chi connectivity index (χ1v) is 12.9. The Bertz CT molecular complexity index is 785. The van der Waals surface area contributed by atoms with Gasteiger partial charge in [0.1, 0.15) is 0 Å². The highest BCUT2D eigenvalue weighted by molar-refractivity contribution is 5.59. The quantitative estimate of drug-likeness (QED) is 0.295. The molecular weight excluding hydrogens is 399 g/mol. The Hall–Kier alpha value is -1.97. The molecule has 1 aromatic carbocycles. The van der Waals surface area contributed by atoms with Crippen molar-refractivity contribution in [1.82, 2.24) is 10.2 Å². The van der Waals surface area contributed by atoms with Gasteiger partial charge in [-0.2, -0.15) is 10.2 Å². The molecule has 0 atom stereocenters. The van der Waals surface area contributed by atoms with Crippen LogP contribution in [0, 0.1) is 17.7 Å². The molecule has 0 bridgehead atoms. The summed E-state index contributed by atoms with van der Waals surface area (Å²) in [5, 5.41) is 8.79. The molecule has 1 heterocycles. The molecule has 0 N–H and O–H groups in total. The molecule has 4 heteroatoms. The molecule has 32 heavy (non-hydrogen) atoms. The van der Waals surface area contributed by atoms with Crippen molar-refractivity contribution in [2.45, 2.75) is 97.3 Å². The predicted molar refractivity (Wildman–Crippen MR) is 130 cm³/mol. The van der Waals surface area contributed by atoms with Crippen LogP contribution in [0.1, 0.15) is 96.6 Å². The number of hydrogen-bond donors (Lipinski definition) is 0. The van der Waals surface area contributed by atoms with E-state index >= 15 is 0 Å². The summed E-state index contributed by atoms with van der Waals surface area (Å²) in [5.74, 6) is 1.78. The van der Waals surface area contributed by atoms with Crippen molar-refractivity contribution < 1.29 is 9.13 Å². The van der Waals surface area contributed by atoms with E-state index < -0.39 is 0 Å². The SMILES string of the molecule is CCCCCCOc1ccc(-c2ccc(CCC3CCC(CCCC)CC3)nn2)cc1F. The van der Waals surface area contributed by atoms with Crippen molar-refractivity contribution in [3.05, 3.63) is 41.8 Å². The molecule has 1 aliphatic carbocycles. The molecule has 1 aromatic heterocycles. The van der Waals surface area contributed by atoms with Crippen LogP contribution in [0.4, 0.5) is 4.39 Å². The molecule has 0 spiro atoms. The number of aromatic nitrogens is 2. The molecule has 1 fully saturated rings. The van der Waals surface area contributed by atoms with E-state index in [0.29, 0.717) is 18.1 Å². The molecule has 0 saturated heterocycles. The Balaban J connectivity index is 1.44. The van der Waals surface area contributed by atoms with Crippen molar-refractivity contribution in [3.8, 4) is 17.0 Å². The van der Waals surface area contributed by atoms with Gasteiger partial charge in [-0.25, -0.2) is 4.39 Å². The van der Waals surface area contributed by atoms with Crippen LogP contribution in [0.2, 0.25) is 0 Å². The molecule has 1 saturated carbocycles. The van der Waals surface area contributed by atoms with E-state index in [0.717, 1.165) is 42.4 Å². The van der Waals surface area contributed by atoms with E-state index in [-0.39, 0.29) is 5.82 Å². The number of rotatable bonds is 13. The van der Waals surface area contributed by atoms with Crippen LogP contribution in [0.25, 0.3) is 11.3 Å². The molecule has 0 aliphatic heterocycles. The Labute approximate surface area is 194 Å². The summed E-state index contributed by atoms with van der Waals surface area (Å²) in [6.07, 6.45) is 16.3. The summed E-state index contributed by atoms with van der Waals surface area (Å²) in [4.78, 5) is 0. The van der Waals surface area contributed by atoms with Gasteiger partial charge in [0, 0.05) is 5.56 Å². The first-order chi connectivity index (χ1) is 15.7. The number of halogens is 1. The fraction of sp³-hybridized carbons (Fsp3) is 0.643. The second kappa shape index (κ2) is 13.5. The third-order valence-electron chi connectivity index (χ3n) is 6.94. The molecule has 176 valence electrons. The van der Waals surface area contributed by atoms with E-state index in [9.17, 15) is 4.39 Å². The van der Waals surface area contributed by atoms with E-state index in [1.807, 2.05) is 18.2 Å². The lowest BCUT2D eigenvalue weighted by molar-refractivity contribution is 0.249. The molecule has 2 aromatic rings. The molecular formula is C28H41FN2O. The van der Waals surface area contributed by atoms with Crippen molar-refractivity contribution in [1.29, 1.82) is 0 Å². The normalized spacial score (nSPS) is 18.6. The molecule has 0 radical (unpaired) electrons. The number of nitrogens with zero attached hydrogens (tertiary/aromatic N) is 2. The van der Waals surface area contributed by atoms with Crippen LogP contribution in [0.5, 0.6) is 5.75 Å². The summed E-state index contributed by atoms with van der Waals surface area (Å²) in [6.45, 7) is 5.02. The van der Waals surface area contributed by atoms with E-state index in [1.165, 1.54) is 70.3 Å². The summed E-state index contributed by atoms with van der Waals surface area (Å²) in [5.41, 5.74) is 2.48. The maximum absolute atomic E-state index is 14.4. The van der Waals surface area contributed by atoms with Gasteiger partial charge in [-0.1, -0.05) is 78.1 Å². The summed E-state index contributed by atoms with van der Waals surface area (Å²) in [7, 11) is 0. The van der Waals surface area contributed by atoms with Crippen LogP contribution in [-0.2, 0) is 6.42 Å². The Morgan fingerprint density at radius 2 is 1.59 bits per heavy atom. The minimum Gasteiger partial charge on any atom is -0.491 e. The zero-order valence-corrected chi connectivity index (χ0v) is 20.1. The second-order valence-corrected chi connectivity index (χ2v) is 9.53. The van der Waals surface area contributed by atoms with Gasteiger partial charge < -0.3 is 4.74 Å². The topological polar surface area (TPSA) is 35.0 Å². The Morgan fingerprint density at radius 3 is 2.25 bits per heavy atom. The first-order valence-electron chi connectivity index (χ1n) is 12.9. The molecule has 0 amide bonds. The molecule has 1 aliphatic rings. The van der Waals surface area contributed by atoms with Gasteiger partial charge in [-0.15, -0.1) is 0 Å². The van der Waals surface area contributed by atoms with Crippen molar-refractivity contribution in [2.75, 3.05) is 6.61 Å². The van der Waals surface area contributed by atoms with Crippen LogP contribution >= 0.6 is 0 Å². The van der Waals surface area contributed by atoms with Crippen molar-refractivity contribution >= 4 is 0 Å². The number of benzene rings is 1. The van der Waals surface area contributed by atoms with Crippen molar-refractivity contribution in [3.63, 3.8) is 0 Å². The molecule has 0 unspecified atom stereocenters. The summed E-state index contributed by atoms with van der Waals surface area (Å²) >= 11 is 0. The van der Waals surface area contributed by atoms with Gasteiger partial charge in [0.05, 0.1) is 18.0 Å². The van der Waals surface area contributed by atoms with Gasteiger partial charge in [-0.3, -0.25) is 0 Å². The lowest BCUT2D eigenvalue weighted by Gasteiger charge is -2.28. The van der Waals surface area contributed by atoms with Gasteiger partial charge in [0.15, 0.2) is 11.6 Å². The van der Waals surface area contributed by atoms with E-state index in [4.69, 9.17) is 4.74 Å². The monoisotopic (exact) mass is 440 g/mol. The number of aryl methyl sites for hydroxylation is 1.